The minimum atomic E-state index is -5.10. The first-order chi connectivity index (χ1) is 21.0. The molecular formula is C30H33F7N4O4. The van der Waals surface area contributed by atoms with Gasteiger partial charge in [0, 0.05) is 64.9 Å². The maximum atomic E-state index is 13.7. The van der Waals surface area contributed by atoms with Gasteiger partial charge in [-0.1, -0.05) is 12.1 Å². The van der Waals surface area contributed by atoms with E-state index in [2.05, 4.69) is 0 Å². The van der Waals surface area contributed by atoms with Gasteiger partial charge < -0.3 is 19.4 Å². The van der Waals surface area contributed by atoms with Crippen molar-refractivity contribution < 1.29 is 49.9 Å². The number of ether oxygens (including phenoxy) is 1. The lowest BCUT2D eigenvalue weighted by molar-refractivity contribution is -0.143. The summed E-state index contributed by atoms with van der Waals surface area (Å²) in [6, 6.07) is 4.71. The normalized spacial score (nSPS) is 19.5. The van der Waals surface area contributed by atoms with Crippen LogP contribution in [0.5, 0.6) is 0 Å². The number of nitrogens with zero attached hydrogens (tertiary/aromatic N) is 4. The van der Waals surface area contributed by atoms with Crippen LogP contribution in [0.15, 0.2) is 42.5 Å². The van der Waals surface area contributed by atoms with Gasteiger partial charge in [-0.3, -0.25) is 14.5 Å². The molecule has 2 fully saturated rings. The van der Waals surface area contributed by atoms with Gasteiger partial charge in [-0.25, -0.2) is 9.18 Å². The SMILES string of the molecule is COCC(=O)N1CCC(C(=O)N2CC(c3ccc(F)cc3)C(N(C)C(=O)N(C)c3cc(C(F)(F)F)cc(C(F)(F)F)c3)C2)CC1. The standard InChI is InChI=1S/C30H33F7N4O4/c1-38(23-13-20(29(32,33)34)12-21(14-23)30(35,36)37)28(44)39(2)25-16-41(15-24(25)18-4-6-22(31)7-5-18)27(43)19-8-10-40(11-9-19)26(42)17-45-3/h4-7,12-14,19,24-25H,8-11,15-17H2,1-3H3. The summed E-state index contributed by atoms with van der Waals surface area (Å²) in [4.78, 5) is 44.4. The first kappa shape index (κ1) is 34.0. The van der Waals surface area contributed by atoms with Crippen LogP contribution < -0.4 is 4.90 Å². The molecule has 0 aromatic heterocycles. The van der Waals surface area contributed by atoms with Gasteiger partial charge in [0.25, 0.3) is 0 Å². The average Bonchev–Trinajstić information content (AvgIpc) is 3.44. The summed E-state index contributed by atoms with van der Waals surface area (Å²) < 4.78 is 99.4. The average molecular weight is 647 g/mol. The molecule has 0 radical (unpaired) electrons. The van der Waals surface area contributed by atoms with Crippen LogP contribution in [0, 0.1) is 11.7 Å². The summed E-state index contributed by atoms with van der Waals surface area (Å²) in [5.41, 5.74) is -3.15. The highest BCUT2D eigenvalue weighted by molar-refractivity contribution is 5.92. The molecule has 0 aliphatic carbocycles. The molecule has 2 aromatic rings. The smallest absolute Gasteiger partial charge is 0.375 e. The molecule has 0 N–H and O–H groups in total. The molecular weight excluding hydrogens is 613 g/mol. The fourth-order valence-electron chi connectivity index (χ4n) is 5.87. The first-order valence-electron chi connectivity index (χ1n) is 14.1. The fraction of sp³-hybridized carbons (Fsp3) is 0.500. The molecule has 0 saturated carbocycles. The summed E-state index contributed by atoms with van der Waals surface area (Å²) in [6.07, 6.45) is -9.38. The molecule has 0 bridgehead atoms. The largest absolute Gasteiger partial charge is 0.416 e. The van der Waals surface area contributed by atoms with Crippen molar-refractivity contribution in [3.05, 3.63) is 65.0 Å². The maximum Gasteiger partial charge on any atom is 0.416 e. The molecule has 2 atom stereocenters. The maximum absolute atomic E-state index is 13.7. The zero-order chi connectivity index (χ0) is 33.3. The topological polar surface area (TPSA) is 73.4 Å². The van der Waals surface area contributed by atoms with Crippen LogP contribution in [0.4, 0.5) is 41.2 Å². The summed E-state index contributed by atoms with van der Waals surface area (Å²) in [6.45, 7) is 0.810. The Morgan fingerprint density at radius 3 is 1.93 bits per heavy atom. The number of rotatable bonds is 6. The van der Waals surface area contributed by atoms with E-state index in [0.29, 0.717) is 48.5 Å². The Morgan fingerprint density at radius 2 is 1.42 bits per heavy atom. The second-order valence-corrected chi connectivity index (χ2v) is 11.3. The molecule has 15 heteroatoms. The number of alkyl halides is 6. The number of amides is 4. The van der Waals surface area contributed by atoms with Crippen molar-refractivity contribution >= 4 is 23.5 Å². The molecule has 246 valence electrons. The Balaban J connectivity index is 1.58. The van der Waals surface area contributed by atoms with Gasteiger partial charge in [-0.15, -0.1) is 0 Å². The first-order valence-corrected chi connectivity index (χ1v) is 14.1. The van der Waals surface area contributed by atoms with E-state index >= 15 is 0 Å². The molecule has 0 spiro atoms. The predicted molar refractivity (Wildman–Crippen MR) is 149 cm³/mol. The van der Waals surface area contributed by atoms with Crippen LogP contribution in [-0.2, 0) is 26.7 Å². The van der Waals surface area contributed by atoms with E-state index < -0.39 is 58.9 Å². The lowest BCUT2D eigenvalue weighted by atomic mass is 9.93. The van der Waals surface area contributed by atoms with E-state index in [-0.39, 0.29) is 37.6 Å². The minimum Gasteiger partial charge on any atom is -0.375 e. The Labute approximate surface area is 255 Å². The number of anilines is 1. The number of likely N-dealkylation sites (tertiary alicyclic amines) is 2. The van der Waals surface area contributed by atoms with Gasteiger partial charge in [0.2, 0.25) is 11.8 Å². The lowest BCUT2D eigenvalue weighted by Crippen LogP contribution is -2.48. The Hall–Kier alpha value is -3.88. The zero-order valence-electron chi connectivity index (χ0n) is 24.8. The van der Waals surface area contributed by atoms with E-state index in [1.165, 1.54) is 43.3 Å². The number of benzene rings is 2. The summed E-state index contributed by atoms with van der Waals surface area (Å²) in [5, 5.41) is 0. The quantitative estimate of drug-likeness (QED) is 0.403. The van der Waals surface area contributed by atoms with Gasteiger partial charge in [-0.05, 0) is 48.7 Å². The molecule has 2 unspecified atom stereocenters. The van der Waals surface area contributed by atoms with Gasteiger partial charge in [0.1, 0.15) is 12.4 Å². The molecule has 4 amide bonds. The Morgan fingerprint density at radius 1 is 0.867 bits per heavy atom. The lowest BCUT2D eigenvalue weighted by Gasteiger charge is -2.34. The van der Waals surface area contributed by atoms with E-state index in [0.717, 1.165) is 7.05 Å². The van der Waals surface area contributed by atoms with E-state index in [9.17, 15) is 45.1 Å². The van der Waals surface area contributed by atoms with Crippen molar-refractivity contribution in [2.75, 3.05) is 58.9 Å². The number of halogens is 7. The third-order valence-electron chi connectivity index (χ3n) is 8.41. The monoisotopic (exact) mass is 646 g/mol. The number of likely N-dealkylation sites (N-methyl/N-ethyl adjacent to an activating group) is 1. The summed E-state index contributed by atoms with van der Waals surface area (Å²) in [5.74, 6) is -1.84. The van der Waals surface area contributed by atoms with Gasteiger partial charge in [0.15, 0.2) is 0 Å². The van der Waals surface area contributed by atoms with Crippen molar-refractivity contribution in [1.29, 1.82) is 0 Å². The Kier molecular flexibility index (Phi) is 10.00. The van der Waals surface area contributed by atoms with Crippen molar-refractivity contribution in [3.63, 3.8) is 0 Å². The highest BCUT2D eigenvalue weighted by atomic mass is 19.4. The third kappa shape index (κ3) is 7.68. The Bertz CT molecular complexity index is 1360. The number of carbonyl (C=O) groups excluding carboxylic acids is 3. The van der Waals surface area contributed by atoms with Crippen molar-refractivity contribution in [1.82, 2.24) is 14.7 Å². The number of carbonyl (C=O) groups is 3. The van der Waals surface area contributed by atoms with E-state index in [1.807, 2.05) is 0 Å². The van der Waals surface area contributed by atoms with E-state index in [4.69, 9.17) is 4.74 Å². The number of urea groups is 1. The molecule has 2 aliphatic heterocycles. The molecule has 2 aromatic carbocycles. The van der Waals surface area contributed by atoms with Gasteiger partial charge >= 0.3 is 18.4 Å². The van der Waals surface area contributed by atoms with E-state index in [1.54, 1.807) is 9.80 Å². The molecule has 2 heterocycles. The number of piperidine rings is 1. The number of hydrogen-bond donors (Lipinski definition) is 0. The van der Waals surface area contributed by atoms with Crippen LogP contribution in [0.3, 0.4) is 0 Å². The second kappa shape index (κ2) is 13.2. The summed E-state index contributed by atoms with van der Waals surface area (Å²) in [7, 11) is 3.83. The van der Waals surface area contributed by atoms with Crippen LogP contribution in [0.1, 0.15) is 35.4 Å². The van der Waals surface area contributed by atoms with Crippen molar-refractivity contribution in [3.8, 4) is 0 Å². The number of hydrogen-bond acceptors (Lipinski definition) is 4. The molecule has 2 saturated heterocycles. The van der Waals surface area contributed by atoms with Gasteiger partial charge in [0.05, 0.1) is 17.2 Å². The molecule has 45 heavy (non-hydrogen) atoms. The van der Waals surface area contributed by atoms with Crippen molar-refractivity contribution in [2.45, 2.75) is 37.2 Å². The van der Waals surface area contributed by atoms with Crippen LogP contribution in [-0.4, -0.2) is 92.6 Å². The highest BCUT2D eigenvalue weighted by Crippen LogP contribution is 2.39. The minimum absolute atomic E-state index is 0.0193. The van der Waals surface area contributed by atoms with Crippen LogP contribution in [0.25, 0.3) is 0 Å². The molecule has 4 rings (SSSR count). The highest BCUT2D eigenvalue weighted by Gasteiger charge is 2.43. The molecule has 8 nitrogen and oxygen atoms in total. The van der Waals surface area contributed by atoms with Crippen LogP contribution >= 0.6 is 0 Å². The third-order valence-corrected chi connectivity index (χ3v) is 8.41. The second-order valence-electron chi connectivity index (χ2n) is 11.3. The molecule has 2 aliphatic rings. The fourth-order valence-corrected chi connectivity index (χ4v) is 5.87. The van der Waals surface area contributed by atoms with Gasteiger partial charge in [-0.2, -0.15) is 26.3 Å². The number of methoxy groups -OCH3 is 1. The van der Waals surface area contributed by atoms with Crippen molar-refractivity contribution in [2.24, 2.45) is 5.92 Å². The van der Waals surface area contributed by atoms with Crippen LogP contribution in [0.2, 0.25) is 0 Å². The predicted octanol–water partition coefficient (Wildman–Crippen LogP) is 5.23. The zero-order valence-corrected chi connectivity index (χ0v) is 24.8. The summed E-state index contributed by atoms with van der Waals surface area (Å²) >= 11 is 0.